The highest BCUT2D eigenvalue weighted by Crippen LogP contribution is 2.27. The van der Waals surface area contributed by atoms with E-state index >= 15 is 0 Å². The third-order valence-electron chi connectivity index (χ3n) is 3.04. The van der Waals surface area contributed by atoms with Gasteiger partial charge in [-0.2, -0.15) is 10.2 Å². The van der Waals surface area contributed by atoms with Gasteiger partial charge in [-0.1, -0.05) is 11.6 Å². The summed E-state index contributed by atoms with van der Waals surface area (Å²) in [5.41, 5.74) is 9.11. The van der Waals surface area contributed by atoms with Gasteiger partial charge in [0.25, 0.3) is 0 Å². The van der Waals surface area contributed by atoms with Crippen LogP contribution >= 0.6 is 11.6 Å². The average molecular weight is 254 g/mol. The van der Waals surface area contributed by atoms with Crippen molar-refractivity contribution in [2.24, 2.45) is 12.8 Å². The zero-order chi connectivity index (χ0) is 12.6. The van der Waals surface area contributed by atoms with E-state index in [0.717, 1.165) is 23.5 Å². The summed E-state index contributed by atoms with van der Waals surface area (Å²) in [5, 5.41) is 8.99. The molecule has 0 amide bonds. The molecule has 17 heavy (non-hydrogen) atoms. The van der Waals surface area contributed by atoms with Gasteiger partial charge in [-0.05, 0) is 13.8 Å². The summed E-state index contributed by atoms with van der Waals surface area (Å²) < 4.78 is 3.62. The summed E-state index contributed by atoms with van der Waals surface area (Å²) in [6.45, 7) is 4.74. The Balaban J connectivity index is 2.46. The first-order valence-electron chi connectivity index (χ1n) is 5.51. The minimum absolute atomic E-state index is 0.293. The molecule has 0 aromatic carbocycles. The number of nitrogens with zero attached hydrogens (tertiary/aromatic N) is 4. The van der Waals surface area contributed by atoms with Crippen molar-refractivity contribution in [3.8, 4) is 0 Å². The van der Waals surface area contributed by atoms with E-state index in [2.05, 4.69) is 10.2 Å². The quantitative estimate of drug-likeness (QED) is 0.905. The predicted molar refractivity (Wildman–Crippen MR) is 66.9 cm³/mol. The van der Waals surface area contributed by atoms with Gasteiger partial charge < -0.3 is 5.73 Å². The van der Waals surface area contributed by atoms with Crippen molar-refractivity contribution in [2.45, 2.75) is 26.4 Å². The second-order valence-corrected chi connectivity index (χ2v) is 4.39. The second kappa shape index (κ2) is 4.50. The van der Waals surface area contributed by atoms with Crippen molar-refractivity contribution in [2.75, 3.05) is 0 Å². The summed E-state index contributed by atoms with van der Waals surface area (Å²) in [7, 11) is 1.89. The van der Waals surface area contributed by atoms with E-state index in [0.29, 0.717) is 5.02 Å². The third-order valence-corrected chi connectivity index (χ3v) is 3.33. The molecule has 1 atom stereocenters. The fraction of sp³-hybridized carbons (Fsp3) is 0.455. The normalized spacial score (nSPS) is 13.0. The van der Waals surface area contributed by atoms with Crippen LogP contribution < -0.4 is 5.73 Å². The monoisotopic (exact) mass is 253 g/mol. The summed E-state index contributed by atoms with van der Waals surface area (Å²) in [6, 6.07) is -0.293. The Bertz CT molecular complexity index is 528. The maximum atomic E-state index is 6.25. The Hall–Kier alpha value is -1.33. The molecule has 0 bridgehead atoms. The lowest BCUT2D eigenvalue weighted by atomic mass is 10.1. The van der Waals surface area contributed by atoms with Crippen LogP contribution in [-0.2, 0) is 13.6 Å². The molecule has 6 heteroatoms. The molecule has 0 spiro atoms. The molecule has 0 aliphatic rings. The summed E-state index contributed by atoms with van der Waals surface area (Å²) >= 11 is 6.14. The van der Waals surface area contributed by atoms with E-state index in [-0.39, 0.29) is 6.04 Å². The Morgan fingerprint density at radius 2 is 2.12 bits per heavy atom. The van der Waals surface area contributed by atoms with Crippen LogP contribution in [0, 0.1) is 6.92 Å². The number of hydrogen-bond acceptors (Lipinski definition) is 3. The van der Waals surface area contributed by atoms with Gasteiger partial charge in [-0.15, -0.1) is 0 Å². The number of hydrogen-bond donors (Lipinski definition) is 1. The molecular weight excluding hydrogens is 238 g/mol. The minimum atomic E-state index is -0.293. The molecule has 5 nitrogen and oxygen atoms in total. The molecule has 2 rings (SSSR count). The SMILES string of the molecule is CCn1ncc(Cl)c1C(N)c1cnn(C)c1C. The van der Waals surface area contributed by atoms with Crippen molar-refractivity contribution < 1.29 is 0 Å². The Morgan fingerprint density at radius 1 is 1.41 bits per heavy atom. The van der Waals surface area contributed by atoms with Crippen LogP contribution in [0.25, 0.3) is 0 Å². The molecule has 0 aliphatic carbocycles. The summed E-state index contributed by atoms with van der Waals surface area (Å²) in [5.74, 6) is 0. The molecule has 0 saturated carbocycles. The molecule has 2 aromatic rings. The van der Waals surface area contributed by atoms with Gasteiger partial charge in [0.1, 0.15) is 0 Å². The minimum Gasteiger partial charge on any atom is -0.319 e. The fourth-order valence-electron chi connectivity index (χ4n) is 1.90. The van der Waals surface area contributed by atoms with E-state index in [9.17, 15) is 0 Å². The molecular formula is C11H16ClN5. The molecule has 2 aromatic heterocycles. The van der Waals surface area contributed by atoms with Crippen LogP contribution in [0.15, 0.2) is 12.4 Å². The Morgan fingerprint density at radius 3 is 2.65 bits per heavy atom. The smallest absolute Gasteiger partial charge is 0.0837 e. The van der Waals surface area contributed by atoms with E-state index in [1.54, 1.807) is 17.1 Å². The van der Waals surface area contributed by atoms with Gasteiger partial charge in [-0.3, -0.25) is 9.36 Å². The lowest BCUT2D eigenvalue weighted by Gasteiger charge is -2.13. The Kier molecular flexibility index (Phi) is 3.22. The lowest BCUT2D eigenvalue weighted by molar-refractivity contribution is 0.599. The fourth-order valence-corrected chi connectivity index (χ4v) is 2.16. The van der Waals surface area contributed by atoms with E-state index in [4.69, 9.17) is 17.3 Å². The molecule has 2 N–H and O–H groups in total. The van der Waals surface area contributed by atoms with Crippen LogP contribution in [0.5, 0.6) is 0 Å². The highest BCUT2D eigenvalue weighted by molar-refractivity contribution is 6.31. The predicted octanol–water partition coefficient (Wildman–Crippen LogP) is 1.65. The van der Waals surface area contributed by atoms with Crippen LogP contribution in [0.1, 0.15) is 29.9 Å². The van der Waals surface area contributed by atoms with Crippen molar-refractivity contribution in [1.82, 2.24) is 19.6 Å². The van der Waals surface area contributed by atoms with Gasteiger partial charge in [0.15, 0.2) is 0 Å². The van der Waals surface area contributed by atoms with Crippen LogP contribution in [0.2, 0.25) is 5.02 Å². The molecule has 92 valence electrons. The maximum Gasteiger partial charge on any atom is 0.0837 e. The van der Waals surface area contributed by atoms with Gasteiger partial charge in [0.2, 0.25) is 0 Å². The van der Waals surface area contributed by atoms with Crippen molar-refractivity contribution in [3.63, 3.8) is 0 Å². The molecule has 0 radical (unpaired) electrons. The number of aromatic nitrogens is 4. The second-order valence-electron chi connectivity index (χ2n) is 3.98. The first kappa shape index (κ1) is 12.1. The van der Waals surface area contributed by atoms with Crippen molar-refractivity contribution >= 4 is 11.6 Å². The Labute approximate surface area is 105 Å². The number of nitrogens with two attached hydrogens (primary N) is 1. The highest BCUT2D eigenvalue weighted by atomic mass is 35.5. The van der Waals surface area contributed by atoms with E-state index in [1.165, 1.54) is 0 Å². The zero-order valence-electron chi connectivity index (χ0n) is 10.2. The highest BCUT2D eigenvalue weighted by Gasteiger charge is 2.21. The molecule has 1 unspecified atom stereocenters. The van der Waals surface area contributed by atoms with Crippen LogP contribution in [0.4, 0.5) is 0 Å². The summed E-state index contributed by atoms with van der Waals surface area (Å²) in [4.78, 5) is 0. The first-order chi connectivity index (χ1) is 8.06. The topological polar surface area (TPSA) is 61.7 Å². The number of rotatable bonds is 3. The lowest BCUT2D eigenvalue weighted by Crippen LogP contribution is -2.18. The van der Waals surface area contributed by atoms with Gasteiger partial charge in [0.05, 0.1) is 29.2 Å². The maximum absolute atomic E-state index is 6.25. The van der Waals surface area contributed by atoms with Crippen molar-refractivity contribution in [3.05, 3.63) is 34.4 Å². The molecule has 0 saturated heterocycles. The summed E-state index contributed by atoms with van der Waals surface area (Å²) in [6.07, 6.45) is 3.41. The van der Waals surface area contributed by atoms with E-state index in [1.807, 2.05) is 25.6 Å². The van der Waals surface area contributed by atoms with Crippen LogP contribution in [-0.4, -0.2) is 19.6 Å². The zero-order valence-corrected chi connectivity index (χ0v) is 10.9. The van der Waals surface area contributed by atoms with Gasteiger partial charge in [0, 0.05) is 24.8 Å². The van der Waals surface area contributed by atoms with Gasteiger partial charge >= 0.3 is 0 Å². The molecule has 2 heterocycles. The van der Waals surface area contributed by atoms with E-state index < -0.39 is 0 Å². The average Bonchev–Trinajstić information content (AvgIpc) is 2.83. The largest absolute Gasteiger partial charge is 0.319 e. The first-order valence-corrected chi connectivity index (χ1v) is 5.89. The van der Waals surface area contributed by atoms with Crippen LogP contribution in [0.3, 0.4) is 0 Å². The molecule has 0 aliphatic heterocycles. The van der Waals surface area contributed by atoms with Gasteiger partial charge in [-0.25, -0.2) is 0 Å². The number of halogens is 1. The van der Waals surface area contributed by atoms with Crippen molar-refractivity contribution in [1.29, 1.82) is 0 Å². The molecule has 0 fully saturated rings. The standard InChI is InChI=1S/C11H16ClN5/c1-4-17-11(9(12)6-15-17)10(13)8-5-14-16(3)7(8)2/h5-6,10H,4,13H2,1-3H3. The third kappa shape index (κ3) is 1.96. The number of aryl methyl sites for hydroxylation is 2.